The zero-order valence-electron chi connectivity index (χ0n) is 8.87. The van der Waals surface area contributed by atoms with Crippen LogP contribution >= 0.6 is 0 Å². The SMILES string of the molecule is O=C(O)c1cccc(Cc2ncc(O)cn2)c1. The van der Waals surface area contributed by atoms with E-state index >= 15 is 0 Å². The molecule has 1 aromatic heterocycles. The van der Waals surface area contributed by atoms with Gasteiger partial charge in [-0.15, -0.1) is 0 Å². The van der Waals surface area contributed by atoms with E-state index in [4.69, 9.17) is 10.2 Å². The molecule has 5 nitrogen and oxygen atoms in total. The second-order valence-electron chi connectivity index (χ2n) is 3.54. The summed E-state index contributed by atoms with van der Waals surface area (Å²) in [6.45, 7) is 0. The number of aromatic hydroxyl groups is 1. The van der Waals surface area contributed by atoms with Gasteiger partial charge in [0.05, 0.1) is 18.0 Å². The number of aromatic nitrogens is 2. The third kappa shape index (κ3) is 2.78. The van der Waals surface area contributed by atoms with E-state index in [0.717, 1.165) is 5.56 Å². The number of nitrogens with zero attached hydrogens (tertiary/aromatic N) is 2. The predicted molar refractivity (Wildman–Crippen MR) is 59.9 cm³/mol. The Kier molecular flexibility index (Phi) is 3.00. The molecule has 0 unspecified atom stereocenters. The van der Waals surface area contributed by atoms with Crippen LogP contribution in [-0.2, 0) is 6.42 Å². The van der Waals surface area contributed by atoms with Crippen molar-refractivity contribution in [1.82, 2.24) is 9.97 Å². The number of aromatic carboxylic acids is 1. The molecule has 0 fully saturated rings. The first-order chi connectivity index (χ1) is 8.15. The van der Waals surface area contributed by atoms with E-state index < -0.39 is 5.97 Å². The molecule has 0 radical (unpaired) electrons. The van der Waals surface area contributed by atoms with Gasteiger partial charge in [-0.05, 0) is 17.7 Å². The van der Waals surface area contributed by atoms with E-state index in [2.05, 4.69) is 9.97 Å². The number of benzene rings is 1. The van der Waals surface area contributed by atoms with Crippen LogP contribution in [0, 0.1) is 0 Å². The van der Waals surface area contributed by atoms with Crippen molar-refractivity contribution in [2.45, 2.75) is 6.42 Å². The highest BCUT2D eigenvalue weighted by Gasteiger charge is 2.05. The van der Waals surface area contributed by atoms with Gasteiger partial charge >= 0.3 is 5.97 Å². The van der Waals surface area contributed by atoms with Gasteiger partial charge in [-0.2, -0.15) is 0 Å². The third-order valence-electron chi connectivity index (χ3n) is 2.23. The Morgan fingerprint density at radius 2 is 1.94 bits per heavy atom. The van der Waals surface area contributed by atoms with Crippen LogP contribution in [0.2, 0.25) is 0 Å². The normalized spacial score (nSPS) is 10.1. The number of carbonyl (C=O) groups is 1. The Morgan fingerprint density at radius 3 is 2.59 bits per heavy atom. The van der Waals surface area contributed by atoms with Crippen LogP contribution in [0.3, 0.4) is 0 Å². The maximum atomic E-state index is 10.8. The predicted octanol–water partition coefficient (Wildman–Crippen LogP) is 1.47. The molecule has 0 aliphatic carbocycles. The van der Waals surface area contributed by atoms with Crippen molar-refractivity contribution in [3.63, 3.8) is 0 Å². The Balaban J connectivity index is 2.21. The molecule has 17 heavy (non-hydrogen) atoms. The number of hydrogen-bond acceptors (Lipinski definition) is 4. The molecule has 0 amide bonds. The highest BCUT2D eigenvalue weighted by atomic mass is 16.4. The average molecular weight is 230 g/mol. The molecule has 0 saturated heterocycles. The molecule has 2 N–H and O–H groups in total. The lowest BCUT2D eigenvalue weighted by molar-refractivity contribution is 0.0696. The van der Waals surface area contributed by atoms with Gasteiger partial charge in [-0.1, -0.05) is 12.1 Å². The summed E-state index contributed by atoms with van der Waals surface area (Å²) in [6.07, 6.45) is 3.05. The van der Waals surface area contributed by atoms with Crippen molar-refractivity contribution >= 4 is 5.97 Å². The zero-order valence-corrected chi connectivity index (χ0v) is 8.87. The summed E-state index contributed by atoms with van der Waals surface area (Å²) in [4.78, 5) is 18.7. The van der Waals surface area contributed by atoms with Gasteiger partial charge in [-0.25, -0.2) is 14.8 Å². The highest BCUT2D eigenvalue weighted by molar-refractivity contribution is 5.87. The highest BCUT2D eigenvalue weighted by Crippen LogP contribution is 2.10. The van der Waals surface area contributed by atoms with E-state index in [0.29, 0.717) is 12.2 Å². The van der Waals surface area contributed by atoms with E-state index in [9.17, 15) is 4.79 Å². The first-order valence-electron chi connectivity index (χ1n) is 4.97. The van der Waals surface area contributed by atoms with Gasteiger partial charge in [0.2, 0.25) is 0 Å². The summed E-state index contributed by atoms with van der Waals surface area (Å²) in [7, 11) is 0. The molecule has 0 spiro atoms. The molecular formula is C12H10N2O3. The molecule has 1 aromatic carbocycles. The Bertz CT molecular complexity index is 538. The summed E-state index contributed by atoms with van der Waals surface area (Å²) in [5, 5.41) is 17.9. The number of carboxylic acid groups (broad SMARTS) is 1. The van der Waals surface area contributed by atoms with Crippen LogP contribution in [0.1, 0.15) is 21.7 Å². The van der Waals surface area contributed by atoms with Crippen LogP contribution in [0.25, 0.3) is 0 Å². The fourth-order valence-corrected chi connectivity index (χ4v) is 1.44. The minimum absolute atomic E-state index is 0.00744. The lowest BCUT2D eigenvalue weighted by Gasteiger charge is -2.02. The summed E-state index contributed by atoms with van der Waals surface area (Å²) in [5.74, 6) is -0.420. The Labute approximate surface area is 97.4 Å². The maximum absolute atomic E-state index is 10.8. The van der Waals surface area contributed by atoms with Gasteiger partial charge < -0.3 is 10.2 Å². The summed E-state index contributed by atoms with van der Waals surface area (Å²) >= 11 is 0. The first kappa shape index (κ1) is 11.1. The molecule has 1 heterocycles. The van der Waals surface area contributed by atoms with Gasteiger partial charge in [0, 0.05) is 6.42 Å². The summed E-state index contributed by atoms with van der Waals surface area (Å²) in [6, 6.07) is 6.60. The molecule has 0 aliphatic heterocycles. The van der Waals surface area contributed by atoms with Crippen molar-refractivity contribution in [3.8, 4) is 5.75 Å². The fraction of sp³-hybridized carbons (Fsp3) is 0.0833. The van der Waals surface area contributed by atoms with E-state index in [1.165, 1.54) is 18.5 Å². The second kappa shape index (κ2) is 4.61. The summed E-state index contributed by atoms with van der Waals surface area (Å²) < 4.78 is 0. The van der Waals surface area contributed by atoms with Gasteiger partial charge in [0.25, 0.3) is 0 Å². The molecule has 0 bridgehead atoms. The van der Waals surface area contributed by atoms with Gasteiger partial charge in [-0.3, -0.25) is 0 Å². The quantitative estimate of drug-likeness (QED) is 0.834. The number of carboxylic acids is 1. The zero-order chi connectivity index (χ0) is 12.3. The van der Waals surface area contributed by atoms with Gasteiger partial charge in [0.1, 0.15) is 5.82 Å². The lowest BCUT2D eigenvalue weighted by Crippen LogP contribution is -1.99. The standard InChI is InChI=1S/C12H10N2O3/c15-10-6-13-11(14-7-10)5-8-2-1-3-9(4-8)12(16)17/h1-4,6-7,15H,5H2,(H,16,17). The van der Waals surface area contributed by atoms with Crippen LogP contribution in [0.15, 0.2) is 36.7 Å². The van der Waals surface area contributed by atoms with E-state index in [-0.39, 0.29) is 11.3 Å². The van der Waals surface area contributed by atoms with Crippen molar-refractivity contribution in [2.75, 3.05) is 0 Å². The van der Waals surface area contributed by atoms with Crippen LogP contribution in [-0.4, -0.2) is 26.2 Å². The van der Waals surface area contributed by atoms with Crippen LogP contribution in [0.4, 0.5) is 0 Å². The summed E-state index contributed by atoms with van der Waals surface area (Å²) in [5.41, 5.74) is 1.05. The maximum Gasteiger partial charge on any atom is 0.335 e. The molecule has 5 heteroatoms. The van der Waals surface area contributed by atoms with Crippen molar-refractivity contribution < 1.29 is 15.0 Å². The van der Waals surface area contributed by atoms with Crippen LogP contribution in [0.5, 0.6) is 5.75 Å². The number of rotatable bonds is 3. The molecule has 2 aromatic rings. The minimum atomic E-state index is -0.960. The molecule has 0 saturated carbocycles. The minimum Gasteiger partial charge on any atom is -0.505 e. The fourth-order valence-electron chi connectivity index (χ4n) is 1.44. The van der Waals surface area contributed by atoms with Crippen molar-refractivity contribution in [3.05, 3.63) is 53.6 Å². The third-order valence-corrected chi connectivity index (χ3v) is 2.23. The largest absolute Gasteiger partial charge is 0.505 e. The van der Waals surface area contributed by atoms with Crippen molar-refractivity contribution in [2.24, 2.45) is 0 Å². The van der Waals surface area contributed by atoms with Gasteiger partial charge in [0.15, 0.2) is 5.75 Å². The molecule has 0 atom stereocenters. The Morgan fingerprint density at radius 1 is 1.24 bits per heavy atom. The Hall–Kier alpha value is -2.43. The van der Waals surface area contributed by atoms with E-state index in [1.54, 1.807) is 12.1 Å². The molecule has 0 aliphatic rings. The molecule has 2 rings (SSSR count). The first-order valence-corrected chi connectivity index (χ1v) is 4.97. The van der Waals surface area contributed by atoms with Crippen LogP contribution < -0.4 is 0 Å². The molecule has 86 valence electrons. The monoisotopic (exact) mass is 230 g/mol. The average Bonchev–Trinajstić information content (AvgIpc) is 2.32. The van der Waals surface area contributed by atoms with E-state index in [1.807, 2.05) is 6.07 Å². The number of hydrogen-bond donors (Lipinski definition) is 2. The lowest BCUT2D eigenvalue weighted by atomic mass is 10.1. The topological polar surface area (TPSA) is 83.3 Å². The van der Waals surface area contributed by atoms with Crippen molar-refractivity contribution in [1.29, 1.82) is 0 Å². The molecular weight excluding hydrogens is 220 g/mol. The smallest absolute Gasteiger partial charge is 0.335 e. The second-order valence-corrected chi connectivity index (χ2v) is 3.54.